The summed E-state index contributed by atoms with van der Waals surface area (Å²) in [5.74, 6) is -3.63. The minimum Gasteiger partial charge on any atom is -0.460 e. The Hall–Kier alpha value is -2.56. The first-order valence-corrected chi connectivity index (χ1v) is 7.08. The maximum Gasteiger partial charge on any atom is 0.237 e. The molecule has 0 bridgehead atoms. The van der Waals surface area contributed by atoms with Crippen molar-refractivity contribution in [2.24, 2.45) is 0 Å². The molecule has 0 atom stereocenters. The second-order valence-electron chi connectivity index (χ2n) is 4.51. The first-order chi connectivity index (χ1) is 10.6. The van der Waals surface area contributed by atoms with E-state index in [0.717, 1.165) is 19.1 Å². The first-order valence-electron chi connectivity index (χ1n) is 7.08. The minimum absolute atomic E-state index is 0.0700. The summed E-state index contributed by atoms with van der Waals surface area (Å²) in [5, 5.41) is 0. The zero-order chi connectivity index (χ0) is 16.3. The maximum atomic E-state index is 13.6. The Morgan fingerprint density at radius 3 is 2.59 bits per heavy atom. The molecule has 114 valence electrons. The van der Waals surface area contributed by atoms with Crippen molar-refractivity contribution < 1.29 is 23.2 Å². The van der Waals surface area contributed by atoms with Crippen molar-refractivity contribution in [1.82, 2.24) is 0 Å². The summed E-state index contributed by atoms with van der Waals surface area (Å²) in [6.07, 6.45) is 8.39. The summed E-state index contributed by atoms with van der Waals surface area (Å²) in [5.41, 5.74) is 0.0642. The van der Waals surface area contributed by atoms with Gasteiger partial charge in [-0.1, -0.05) is 32.1 Å². The summed E-state index contributed by atoms with van der Waals surface area (Å²) in [7, 11) is 0. The molecule has 0 spiro atoms. The number of hydrogen-bond acceptors (Lipinski definition) is 4. The fourth-order valence-electron chi connectivity index (χ4n) is 2.23. The third-order valence-corrected chi connectivity index (χ3v) is 3.22. The molecule has 22 heavy (non-hydrogen) atoms. The van der Waals surface area contributed by atoms with E-state index in [1.807, 2.05) is 19.9 Å². The Morgan fingerprint density at radius 1 is 1.23 bits per heavy atom. The number of Topliss-reactive ketones (excluding diaryl/α,β-unsaturated/α-hetero) is 2. The standard InChI is InChI=1S/C15H9FO4.C2H6/c16-10-6-11(17)14(19)12-9(7-20-15(10)12)13(18)8-4-2-1-3-5-8;1-2/h2,4-7H,1,3H2;1-2H3. The zero-order valence-corrected chi connectivity index (χ0v) is 12.3. The fraction of sp³-hybridized carbons (Fsp3) is 0.235. The van der Waals surface area contributed by atoms with E-state index in [1.165, 1.54) is 0 Å². The first kappa shape index (κ1) is 15.8. The van der Waals surface area contributed by atoms with Crippen LogP contribution in [0.2, 0.25) is 0 Å². The zero-order valence-electron chi connectivity index (χ0n) is 12.3. The molecule has 2 aliphatic carbocycles. The highest BCUT2D eigenvalue weighted by Crippen LogP contribution is 2.31. The lowest BCUT2D eigenvalue weighted by atomic mass is 9.92. The molecule has 1 aromatic rings. The van der Waals surface area contributed by atoms with Crippen LogP contribution in [0.25, 0.3) is 5.83 Å². The minimum atomic E-state index is -0.987. The van der Waals surface area contributed by atoms with Gasteiger partial charge in [0.15, 0.2) is 17.4 Å². The SMILES string of the molecule is CC.O=C1C=C(F)c2occ(C(=O)C3=CCCC=C3)c2C1=O. The normalized spacial score (nSPS) is 16.3. The van der Waals surface area contributed by atoms with E-state index >= 15 is 0 Å². The van der Waals surface area contributed by atoms with E-state index in [4.69, 9.17) is 4.42 Å². The van der Waals surface area contributed by atoms with E-state index in [9.17, 15) is 18.8 Å². The Labute approximate surface area is 127 Å². The average molecular weight is 302 g/mol. The third-order valence-electron chi connectivity index (χ3n) is 3.22. The Balaban J connectivity index is 0.000000847. The summed E-state index contributed by atoms with van der Waals surface area (Å²) < 4.78 is 18.5. The van der Waals surface area contributed by atoms with Gasteiger partial charge in [-0.15, -0.1) is 0 Å². The number of carbonyl (C=O) groups excluding carboxylic acids is 3. The van der Waals surface area contributed by atoms with Crippen molar-refractivity contribution in [1.29, 1.82) is 0 Å². The van der Waals surface area contributed by atoms with Crippen LogP contribution >= 0.6 is 0 Å². The lowest BCUT2D eigenvalue weighted by molar-refractivity contribution is -0.111. The maximum absolute atomic E-state index is 13.6. The molecule has 0 amide bonds. The van der Waals surface area contributed by atoms with Crippen LogP contribution in [0.1, 0.15) is 53.2 Å². The molecule has 1 aromatic heterocycles. The Kier molecular flexibility index (Phi) is 4.65. The predicted octanol–water partition coefficient (Wildman–Crippen LogP) is 3.84. The molecule has 2 aliphatic rings. The van der Waals surface area contributed by atoms with Gasteiger partial charge in [0.25, 0.3) is 0 Å². The molecule has 0 aliphatic heterocycles. The molecule has 1 heterocycles. The van der Waals surface area contributed by atoms with E-state index in [-0.39, 0.29) is 16.9 Å². The van der Waals surface area contributed by atoms with Gasteiger partial charge in [0.05, 0.1) is 11.1 Å². The van der Waals surface area contributed by atoms with Gasteiger partial charge < -0.3 is 4.42 Å². The van der Waals surface area contributed by atoms with E-state index in [2.05, 4.69) is 0 Å². The monoisotopic (exact) mass is 302 g/mol. The topological polar surface area (TPSA) is 64.3 Å². The third kappa shape index (κ3) is 2.62. The molecular formula is C17H15FO4. The van der Waals surface area contributed by atoms with Gasteiger partial charge in [0, 0.05) is 11.6 Å². The highest BCUT2D eigenvalue weighted by molar-refractivity contribution is 6.51. The molecule has 0 fully saturated rings. The van der Waals surface area contributed by atoms with E-state index in [1.54, 1.807) is 12.2 Å². The number of furan rings is 1. The van der Waals surface area contributed by atoms with Crippen molar-refractivity contribution in [2.75, 3.05) is 0 Å². The molecular weight excluding hydrogens is 287 g/mol. The molecule has 0 saturated heterocycles. The fourth-order valence-corrected chi connectivity index (χ4v) is 2.23. The summed E-state index contributed by atoms with van der Waals surface area (Å²) >= 11 is 0. The summed E-state index contributed by atoms with van der Waals surface area (Å²) in [6.45, 7) is 4.00. The summed E-state index contributed by atoms with van der Waals surface area (Å²) in [6, 6.07) is 0. The quantitative estimate of drug-likeness (QED) is 0.615. The highest BCUT2D eigenvalue weighted by Gasteiger charge is 2.34. The van der Waals surface area contributed by atoms with Crippen molar-refractivity contribution in [2.45, 2.75) is 26.7 Å². The number of fused-ring (bicyclic) bond motifs is 1. The number of hydrogen-bond donors (Lipinski definition) is 0. The van der Waals surface area contributed by atoms with Crippen LogP contribution in [0.15, 0.2) is 40.6 Å². The van der Waals surface area contributed by atoms with Crippen LogP contribution in [0.3, 0.4) is 0 Å². The molecule has 0 aromatic carbocycles. The van der Waals surface area contributed by atoms with E-state index < -0.39 is 23.2 Å². The van der Waals surface area contributed by atoms with Crippen LogP contribution in [-0.4, -0.2) is 17.3 Å². The molecule has 0 N–H and O–H groups in total. The van der Waals surface area contributed by atoms with Crippen molar-refractivity contribution >= 4 is 23.2 Å². The largest absolute Gasteiger partial charge is 0.460 e. The number of carbonyl (C=O) groups is 3. The van der Waals surface area contributed by atoms with Gasteiger partial charge in [-0.25, -0.2) is 4.39 Å². The van der Waals surface area contributed by atoms with Crippen molar-refractivity contribution in [3.63, 3.8) is 0 Å². The van der Waals surface area contributed by atoms with Gasteiger partial charge >= 0.3 is 0 Å². The Morgan fingerprint density at radius 2 is 1.95 bits per heavy atom. The molecule has 0 unspecified atom stereocenters. The molecule has 0 radical (unpaired) electrons. The number of allylic oxidation sites excluding steroid dienone is 5. The lowest BCUT2D eigenvalue weighted by Crippen LogP contribution is -2.19. The van der Waals surface area contributed by atoms with Gasteiger partial charge in [0.2, 0.25) is 11.6 Å². The van der Waals surface area contributed by atoms with Crippen LogP contribution < -0.4 is 0 Å². The van der Waals surface area contributed by atoms with Crippen molar-refractivity contribution in [3.8, 4) is 0 Å². The van der Waals surface area contributed by atoms with Crippen LogP contribution in [0.5, 0.6) is 0 Å². The lowest BCUT2D eigenvalue weighted by Gasteiger charge is -2.08. The van der Waals surface area contributed by atoms with Gasteiger partial charge in [-0.3, -0.25) is 14.4 Å². The second kappa shape index (κ2) is 6.47. The van der Waals surface area contributed by atoms with Crippen LogP contribution in [0.4, 0.5) is 4.39 Å². The molecule has 5 heteroatoms. The number of rotatable bonds is 2. The number of halogens is 1. The van der Waals surface area contributed by atoms with E-state index in [0.29, 0.717) is 11.6 Å². The Bertz CT molecular complexity index is 732. The van der Waals surface area contributed by atoms with Gasteiger partial charge in [0.1, 0.15) is 6.26 Å². The molecule has 3 rings (SSSR count). The smallest absolute Gasteiger partial charge is 0.237 e. The molecule has 0 saturated carbocycles. The van der Waals surface area contributed by atoms with Crippen LogP contribution in [0, 0.1) is 0 Å². The summed E-state index contributed by atoms with van der Waals surface area (Å²) in [4.78, 5) is 35.5. The molecule has 4 nitrogen and oxygen atoms in total. The van der Waals surface area contributed by atoms with Gasteiger partial charge in [-0.05, 0) is 12.8 Å². The second-order valence-corrected chi connectivity index (χ2v) is 4.51. The highest BCUT2D eigenvalue weighted by atomic mass is 19.1. The average Bonchev–Trinajstić information content (AvgIpc) is 3.00. The predicted molar refractivity (Wildman–Crippen MR) is 79.3 cm³/mol. The van der Waals surface area contributed by atoms with Crippen LogP contribution in [-0.2, 0) is 4.79 Å². The van der Waals surface area contributed by atoms with Gasteiger partial charge in [-0.2, -0.15) is 0 Å². The van der Waals surface area contributed by atoms with Crippen molar-refractivity contribution in [3.05, 3.63) is 53.0 Å². The number of ketones is 3.